The number of amides is 1. The lowest BCUT2D eigenvalue weighted by Gasteiger charge is -2.07. The molecular weight excluding hydrogens is 396 g/mol. The molecule has 0 radical (unpaired) electrons. The first-order valence-corrected chi connectivity index (χ1v) is 9.81. The zero-order valence-electron chi connectivity index (χ0n) is 16.6. The zero-order chi connectivity index (χ0) is 21.8. The summed E-state index contributed by atoms with van der Waals surface area (Å²) in [7, 11) is 0. The molecule has 4 aromatic rings. The summed E-state index contributed by atoms with van der Waals surface area (Å²) < 4.78 is 5.21. The molecule has 8 heteroatoms. The number of carboxylic acids is 1. The van der Waals surface area contributed by atoms with Crippen LogP contribution in [0.5, 0.6) is 0 Å². The summed E-state index contributed by atoms with van der Waals surface area (Å²) in [5.41, 5.74) is 3.81. The number of anilines is 1. The molecule has 2 heterocycles. The van der Waals surface area contributed by atoms with Crippen molar-refractivity contribution >= 4 is 39.4 Å². The first-order valence-electron chi connectivity index (χ1n) is 9.81. The van der Waals surface area contributed by atoms with Crippen LogP contribution in [0.15, 0.2) is 53.1 Å². The number of hydrogen-bond acceptors (Lipinski definition) is 5. The predicted molar refractivity (Wildman–Crippen MR) is 116 cm³/mol. The Labute approximate surface area is 177 Å². The summed E-state index contributed by atoms with van der Waals surface area (Å²) >= 11 is 0. The molecule has 2 aromatic heterocycles. The topological polar surface area (TPSA) is 131 Å². The van der Waals surface area contributed by atoms with Gasteiger partial charge in [0.1, 0.15) is 5.58 Å². The Morgan fingerprint density at radius 3 is 2.84 bits per heavy atom. The van der Waals surface area contributed by atoms with E-state index >= 15 is 0 Å². The van der Waals surface area contributed by atoms with Crippen LogP contribution in [0.3, 0.4) is 0 Å². The lowest BCUT2D eigenvalue weighted by Crippen LogP contribution is -2.28. The van der Waals surface area contributed by atoms with Crippen LogP contribution in [-0.2, 0) is 11.2 Å². The summed E-state index contributed by atoms with van der Waals surface area (Å²) in [6.07, 6.45) is 3.63. The summed E-state index contributed by atoms with van der Waals surface area (Å²) in [5.74, 6) is -1.46. The first kappa shape index (κ1) is 20.2. The predicted octanol–water partition coefficient (Wildman–Crippen LogP) is 3.64. The van der Waals surface area contributed by atoms with E-state index in [0.717, 1.165) is 29.3 Å². The molecule has 0 unspecified atom stereocenters. The fourth-order valence-corrected chi connectivity index (χ4v) is 3.49. The summed E-state index contributed by atoms with van der Waals surface area (Å²) in [4.78, 5) is 26.4. The second kappa shape index (κ2) is 8.73. The normalized spacial score (nSPS) is 10.9. The average Bonchev–Trinajstić information content (AvgIpc) is 3.37. The number of carbonyl (C=O) groups excluding carboxylic acids is 1. The van der Waals surface area contributed by atoms with Crippen molar-refractivity contribution in [2.45, 2.75) is 12.8 Å². The lowest BCUT2D eigenvalue weighted by molar-refractivity contribution is -0.115. The van der Waals surface area contributed by atoms with Crippen LogP contribution in [0.2, 0.25) is 0 Å². The fraction of sp³-hybridized carbons (Fsp3) is 0.174. The molecule has 0 spiro atoms. The minimum atomic E-state index is -1.14. The Bertz CT molecular complexity index is 1310. The summed E-state index contributed by atoms with van der Waals surface area (Å²) in [5, 5.41) is 25.6. The number of aromatic carboxylic acids is 1. The Kier molecular flexibility index (Phi) is 5.69. The van der Waals surface area contributed by atoms with Gasteiger partial charge in [-0.15, -0.1) is 0 Å². The van der Waals surface area contributed by atoms with Crippen LogP contribution in [0.25, 0.3) is 21.9 Å². The van der Waals surface area contributed by atoms with Gasteiger partial charge >= 0.3 is 5.97 Å². The van der Waals surface area contributed by atoms with E-state index in [1.807, 2.05) is 18.3 Å². The van der Waals surface area contributed by atoms with Crippen molar-refractivity contribution in [2.75, 3.05) is 18.4 Å². The Morgan fingerprint density at radius 2 is 2.03 bits per heavy atom. The fourth-order valence-electron chi connectivity index (χ4n) is 3.49. The molecule has 0 atom stereocenters. The van der Waals surface area contributed by atoms with Gasteiger partial charge in [-0.2, -0.15) is 5.26 Å². The molecule has 0 aliphatic rings. The summed E-state index contributed by atoms with van der Waals surface area (Å²) in [6.45, 7) is 0.830. The first-order chi connectivity index (χ1) is 15.0. The number of fused-ring (bicyclic) bond motifs is 2. The molecule has 8 nitrogen and oxygen atoms in total. The molecule has 0 saturated carbocycles. The number of carboxylic acid groups (broad SMARTS) is 1. The van der Waals surface area contributed by atoms with E-state index in [9.17, 15) is 9.59 Å². The van der Waals surface area contributed by atoms with E-state index in [4.69, 9.17) is 14.8 Å². The zero-order valence-corrected chi connectivity index (χ0v) is 16.6. The Morgan fingerprint density at radius 1 is 1.16 bits per heavy atom. The van der Waals surface area contributed by atoms with Crippen LogP contribution < -0.4 is 10.6 Å². The maximum absolute atomic E-state index is 12.2. The number of hydrogen-bond donors (Lipinski definition) is 4. The molecule has 31 heavy (non-hydrogen) atoms. The van der Waals surface area contributed by atoms with Gasteiger partial charge < -0.3 is 25.1 Å². The van der Waals surface area contributed by atoms with Gasteiger partial charge in [-0.1, -0.05) is 0 Å². The number of aryl methyl sites for hydroxylation is 1. The third kappa shape index (κ3) is 4.57. The number of aromatic nitrogens is 1. The van der Waals surface area contributed by atoms with E-state index in [1.165, 1.54) is 6.07 Å². The van der Waals surface area contributed by atoms with Crippen molar-refractivity contribution in [3.8, 4) is 6.07 Å². The van der Waals surface area contributed by atoms with Crippen LogP contribution in [0.4, 0.5) is 5.69 Å². The van der Waals surface area contributed by atoms with Gasteiger partial charge in [-0.25, -0.2) is 4.79 Å². The number of carbonyl (C=O) groups is 2. The number of furan rings is 1. The standard InChI is InChI=1S/C23H20N4O4/c24-11-14-3-5-19-18(8-14)15(12-26-19)2-1-7-25-13-22(28)27-17-4-6-20-16(9-17)10-21(31-20)23(29)30/h3-6,8-10,12,25-26H,1-2,7,13H2,(H,27,28)(H,29,30). The van der Waals surface area contributed by atoms with Crippen LogP contribution >= 0.6 is 0 Å². The van der Waals surface area contributed by atoms with E-state index in [1.54, 1.807) is 24.3 Å². The van der Waals surface area contributed by atoms with Gasteiger partial charge in [0, 0.05) is 28.2 Å². The molecule has 4 rings (SSSR count). The van der Waals surface area contributed by atoms with Crippen molar-refractivity contribution < 1.29 is 19.1 Å². The monoisotopic (exact) mass is 416 g/mol. The van der Waals surface area contributed by atoms with E-state index in [-0.39, 0.29) is 18.2 Å². The third-order valence-corrected chi connectivity index (χ3v) is 4.99. The Hall–Kier alpha value is -4.09. The minimum Gasteiger partial charge on any atom is -0.475 e. The van der Waals surface area contributed by atoms with Gasteiger partial charge in [0.25, 0.3) is 0 Å². The highest BCUT2D eigenvalue weighted by Crippen LogP contribution is 2.23. The molecule has 2 aromatic carbocycles. The second-order valence-electron chi connectivity index (χ2n) is 7.18. The van der Waals surface area contributed by atoms with E-state index in [0.29, 0.717) is 28.8 Å². The summed E-state index contributed by atoms with van der Waals surface area (Å²) in [6, 6.07) is 14.1. The average molecular weight is 416 g/mol. The van der Waals surface area contributed by atoms with Crippen molar-refractivity contribution in [1.29, 1.82) is 5.26 Å². The number of aromatic amines is 1. The number of rotatable bonds is 8. The second-order valence-corrected chi connectivity index (χ2v) is 7.18. The van der Waals surface area contributed by atoms with E-state index in [2.05, 4.69) is 21.7 Å². The van der Waals surface area contributed by atoms with Crippen LogP contribution in [0, 0.1) is 11.3 Å². The molecule has 0 fully saturated rings. The smallest absolute Gasteiger partial charge is 0.371 e. The number of H-pyrrole nitrogens is 1. The molecule has 0 saturated heterocycles. The molecule has 4 N–H and O–H groups in total. The van der Waals surface area contributed by atoms with Gasteiger partial charge in [-0.3, -0.25) is 4.79 Å². The van der Waals surface area contributed by atoms with Crippen molar-refractivity contribution in [3.05, 3.63) is 65.5 Å². The van der Waals surface area contributed by atoms with Crippen molar-refractivity contribution in [2.24, 2.45) is 0 Å². The number of nitrogens with zero attached hydrogens (tertiary/aromatic N) is 1. The SMILES string of the molecule is N#Cc1ccc2[nH]cc(CCCNCC(=O)Nc3ccc4oc(C(=O)O)cc4c3)c2c1. The van der Waals surface area contributed by atoms with Gasteiger partial charge in [-0.05, 0) is 67.4 Å². The number of benzene rings is 2. The maximum Gasteiger partial charge on any atom is 0.371 e. The minimum absolute atomic E-state index is 0.140. The Balaban J connectivity index is 1.25. The van der Waals surface area contributed by atoms with E-state index < -0.39 is 5.97 Å². The molecular formula is C23H20N4O4. The quantitative estimate of drug-likeness (QED) is 0.324. The molecule has 0 aliphatic heterocycles. The highest BCUT2D eigenvalue weighted by Gasteiger charge is 2.11. The molecule has 156 valence electrons. The molecule has 1 amide bonds. The van der Waals surface area contributed by atoms with Gasteiger partial charge in [0.2, 0.25) is 11.7 Å². The van der Waals surface area contributed by atoms with Crippen molar-refractivity contribution in [3.63, 3.8) is 0 Å². The highest BCUT2D eigenvalue weighted by molar-refractivity contribution is 5.96. The molecule has 0 bridgehead atoms. The third-order valence-electron chi connectivity index (χ3n) is 4.99. The van der Waals surface area contributed by atoms with Gasteiger partial charge in [0.05, 0.1) is 18.2 Å². The molecule has 0 aliphatic carbocycles. The number of nitriles is 1. The maximum atomic E-state index is 12.2. The van der Waals surface area contributed by atoms with Crippen LogP contribution in [0.1, 0.15) is 28.1 Å². The van der Waals surface area contributed by atoms with Gasteiger partial charge in [0.15, 0.2) is 0 Å². The van der Waals surface area contributed by atoms with Crippen molar-refractivity contribution in [1.82, 2.24) is 10.3 Å². The number of nitrogens with one attached hydrogen (secondary N) is 3. The lowest BCUT2D eigenvalue weighted by atomic mass is 10.1. The van der Waals surface area contributed by atoms with Crippen LogP contribution in [-0.4, -0.2) is 35.1 Å². The largest absolute Gasteiger partial charge is 0.475 e. The highest BCUT2D eigenvalue weighted by atomic mass is 16.4.